The highest BCUT2D eigenvalue weighted by molar-refractivity contribution is 5.63. The molecule has 0 atom stereocenters. The van der Waals surface area contributed by atoms with E-state index in [9.17, 15) is 15.4 Å². The van der Waals surface area contributed by atoms with Gasteiger partial charge in [0.2, 0.25) is 0 Å². The standard InChI is InChI=1S/C20H20N4O4/c21-13-16-12-17(24(25)26)2-3-18(16)23-7-5-22(6-8-23)14-15-1-4-19-20(11-15)28-10-9-27-19/h1-4,11-12H,5-10,14H2. The van der Waals surface area contributed by atoms with Crippen molar-refractivity contribution in [2.45, 2.75) is 6.54 Å². The molecule has 144 valence electrons. The minimum atomic E-state index is -0.476. The van der Waals surface area contributed by atoms with E-state index in [1.807, 2.05) is 12.1 Å². The first kappa shape index (κ1) is 18.1. The SMILES string of the molecule is N#Cc1cc([N+](=O)[O-])ccc1N1CCN(Cc2ccc3c(c2)OCCO3)CC1. The molecule has 2 heterocycles. The van der Waals surface area contributed by atoms with E-state index in [1.54, 1.807) is 6.07 Å². The first-order valence-electron chi connectivity index (χ1n) is 9.18. The number of nitro benzene ring substituents is 1. The lowest BCUT2D eigenvalue weighted by Gasteiger charge is -2.36. The van der Waals surface area contributed by atoms with Gasteiger partial charge in [0.05, 0.1) is 16.2 Å². The lowest BCUT2D eigenvalue weighted by Crippen LogP contribution is -2.46. The van der Waals surface area contributed by atoms with Crippen LogP contribution in [-0.2, 0) is 6.54 Å². The third-order valence-electron chi connectivity index (χ3n) is 5.04. The van der Waals surface area contributed by atoms with Gasteiger partial charge in [-0.1, -0.05) is 6.07 Å². The van der Waals surface area contributed by atoms with Gasteiger partial charge in [-0.15, -0.1) is 0 Å². The molecule has 0 bridgehead atoms. The molecule has 0 N–H and O–H groups in total. The van der Waals surface area contributed by atoms with Crippen molar-refractivity contribution < 1.29 is 14.4 Å². The number of rotatable bonds is 4. The Morgan fingerprint density at radius 1 is 1.04 bits per heavy atom. The molecule has 1 saturated heterocycles. The van der Waals surface area contributed by atoms with Crippen molar-refractivity contribution in [1.82, 2.24) is 4.90 Å². The first-order valence-corrected chi connectivity index (χ1v) is 9.18. The molecule has 2 aromatic rings. The summed E-state index contributed by atoms with van der Waals surface area (Å²) in [6.45, 7) is 5.18. The summed E-state index contributed by atoms with van der Waals surface area (Å²) < 4.78 is 11.2. The number of hydrogen-bond acceptors (Lipinski definition) is 7. The molecule has 1 fully saturated rings. The van der Waals surface area contributed by atoms with E-state index < -0.39 is 4.92 Å². The van der Waals surface area contributed by atoms with Crippen molar-refractivity contribution in [2.75, 3.05) is 44.3 Å². The monoisotopic (exact) mass is 380 g/mol. The third kappa shape index (κ3) is 3.70. The van der Waals surface area contributed by atoms with Crippen molar-refractivity contribution in [3.05, 3.63) is 57.6 Å². The second kappa shape index (κ2) is 7.74. The van der Waals surface area contributed by atoms with Crippen LogP contribution in [0.15, 0.2) is 36.4 Å². The Labute approximate surface area is 162 Å². The highest BCUT2D eigenvalue weighted by Gasteiger charge is 2.21. The molecule has 2 aliphatic heterocycles. The highest BCUT2D eigenvalue weighted by atomic mass is 16.6. The largest absolute Gasteiger partial charge is 0.486 e. The molecule has 2 aromatic carbocycles. The number of nitro groups is 1. The molecule has 8 nitrogen and oxygen atoms in total. The number of fused-ring (bicyclic) bond motifs is 1. The maximum Gasteiger partial charge on any atom is 0.270 e. The Morgan fingerprint density at radius 2 is 1.79 bits per heavy atom. The number of anilines is 1. The summed E-state index contributed by atoms with van der Waals surface area (Å²) in [7, 11) is 0. The van der Waals surface area contributed by atoms with Gasteiger partial charge in [0, 0.05) is 44.9 Å². The first-order chi connectivity index (χ1) is 13.6. The van der Waals surface area contributed by atoms with Crippen LogP contribution in [0.5, 0.6) is 11.5 Å². The Kier molecular flexibility index (Phi) is 5.00. The molecule has 28 heavy (non-hydrogen) atoms. The van der Waals surface area contributed by atoms with E-state index in [0.717, 1.165) is 49.9 Å². The van der Waals surface area contributed by atoms with Crippen LogP contribution in [0.1, 0.15) is 11.1 Å². The Hall–Kier alpha value is -3.31. The number of nitriles is 1. The zero-order valence-electron chi connectivity index (χ0n) is 15.3. The number of nitrogens with zero attached hydrogens (tertiary/aromatic N) is 4. The topological polar surface area (TPSA) is 91.9 Å². The zero-order valence-corrected chi connectivity index (χ0v) is 15.3. The molecular formula is C20H20N4O4. The molecule has 0 radical (unpaired) electrons. The minimum absolute atomic E-state index is 0.0578. The van der Waals surface area contributed by atoms with Crippen LogP contribution in [0.25, 0.3) is 0 Å². The van der Waals surface area contributed by atoms with Crippen molar-refractivity contribution in [1.29, 1.82) is 5.26 Å². The number of piperazine rings is 1. The summed E-state index contributed by atoms with van der Waals surface area (Å²) in [6.07, 6.45) is 0. The highest BCUT2D eigenvalue weighted by Crippen LogP contribution is 2.31. The van der Waals surface area contributed by atoms with E-state index >= 15 is 0 Å². The van der Waals surface area contributed by atoms with Gasteiger partial charge < -0.3 is 14.4 Å². The molecule has 0 aromatic heterocycles. The van der Waals surface area contributed by atoms with Crippen LogP contribution in [0.3, 0.4) is 0 Å². The molecular weight excluding hydrogens is 360 g/mol. The maximum absolute atomic E-state index is 10.9. The lowest BCUT2D eigenvalue weighted by molar-refractivity contribution is -0.384. The van der Waals surface area contributed by atoms with E-state index in [2.05, 4.69) is 21.9 Å². The van der Waals surface area contributed by atoms with Gasteiger partial charge in [0.15, 0.2) is 11.5 Å². The summed E-state index contributed by atoms with van der Waals surface area (Å²) in [5.41, 5.74) is 2.21. The van der Waals surface area contributed by atoms with Gasteiger partial charge in [-0.2, -0.15) is 5.26 Å². The normalized spacial score (nSPS) is 16.5. The number of hydrogen-bond donors (Lipinski definition) is 0. The molecule has 0 aliphatic carbocycles. The van der Waals surface area contributed by atoms with Gasteiger partial charge in [0.25, 0.3) is 5.69 Å². The Balaban J connectivity index is 1.40. The number of non-ortho nitro benzene ring substituents is 1. The summed E-state index contributed by atoms with van der Waals surface area (Å²) in [4.78, 5) is 14.9. The predicted molar refractivity (Wildman–Crippen MR) is 103 cm³/mol. The van der Waals surface area contributed by atoms with Crippen LogP contribution in [0.4, 0.5) is 11.4 Å². The number of ether oxygens (including phenoxy) is 2. The van der Waals surface area contributed by atoms with E-state index in [0.29, 0.717) is 18.8 Å². The molecule has 0 amide bonds. The minimum Gasteiger partial charge on any atom is -0.486 e. The van der Waals surface area contributed by atoms with Crippen molar-refractivity contribution in [3.8, 4) is 17.6 Å². The summed E-state index contributed by atoms with van der Waals surface area (Å²) in [5, 5.41) is 20.3. The van der Waals surface area contributed by atoms with Gasteiger partial charge in [-0.3, -0.25) is 15.0 Å². The molecule has 0 spiro atoms. The fourth-order valence-electron chi connectivity index (χ4n) is 3.59. The molecule has 0 saturated carbocycles. The molecule has 2 aliphatic rings. The zero-order chi connectivity index (χ0) is 19.5. The smallest absolute Gasteiger partial charge is 0.270 e. The van der Waals surface area contributed by atoms with E-state index in [4.69, 9.17) is 9.47 Å². The maximum atomic E-state index is 10.9. The van der Waals surface area contributed by atoms with Crippen molar-refractivity contribution in [2.24, 2.45) is 0 Å². The molecule has 4 rings (SSSR count). The average Bonchev–Trinajstić information content (AvgIpc) is 2.73. The number of benzene rings is 2. The Morgan fingerprint density at radius 3 is 2.50 bits per heavy atom. The summed E-state index contributed by atoms with van der Waals surface area (Å²) in [5.74, 6) is 1.59. The van der Waals surface area contributed by atoms with Crippen molar-refractivity contribution in [3.63, 3.8) is 0 Å². The average molecular weight is 380 g/mol. The van der Waals surface area contributed by atoms with Crippen LogP contribution >= 0.6 is 0 Å². The summed E-state index contributed by atoms with van der Waals surface area (Å²) >= 11 is 0. The van der Waals surface area contributed by atoms with Gasteiger partial charge in [-0.05, 0) is 23.8 Å². The fourth-order valence-corrected chi connectivity index (χ4v) is 3.59. The Bertz CT molecular complexity index is 932. The predicted octanol–water partition coefficient (Wildman–Crippen LogP) is 2.56. The van der Waals surface area contributed by atoms with Gasteiger partial charge in [0.1, 0.15) is 19.3 Å². The van der Waals surface area contributed by atoms with E-state index in [-0.39, 0.29) is 5.69 Å². The molecule has 0 unspecified atom stereocenters. The van der Waals surface area contributed by atoms with Crippen LogP contribution < -0.4 is 14.4 Å². The third-order valence-corrected chi connectivity index (χ3v) is 5.04. The van der Waals surface area contributed by atoms with Crippen molar-refractivity contribution >= 4 is 11.4 Å². The fraction of sp³-hybridized carbons (Fsp3) is 0.350. The lowest BCUT2D eigenvalue weighted by atomic mass is 10.1. The quantitative estimate of drug-likeness (QED) is 0.594. The van der Waals surface area contributed by atoms with E-state index in [1.165, 1.54) is 17.7 Å². The van der Waals surface area contributed by atoms with Gasteiger partial charge in [-0.25, -0.2) is 0 Å². The van der Waals surface area contributed by atoms with Crippen LogP contribution in [0, 0.1) is 21.4 Å². The second-order valence-corrected chi connectivity index (χ2v) is 6.81. The summed E-state index contributed by atoms with van der Waals surface area (Å²) in [6, 6.07) is 12.6. The molecule has 8 heteroatoms. The van der Waals surface area contributed by atoms with Crippen LogP contribution in [-0.4, -0.2) is 49.2 Å². The van der Waals surface area contributed by atoms with Gasteiger partial charge >= 0.3 is 0 Å². The van der Waals surface area contributed by atoms with Crippen LogP contribution in [0.2, 0.25) is 0 Å². The second-order valence-electron chi connectivity index (χ2n) is 6.81.